The molecule has 1 fully saturated rings. The third-order valence-electron chi connectivity index (χ3n) is 5.82. The molecule has 9 heteroatoms. The zero-order chi connectivity index (χ0) is 22.7. The summed E-state index contributed by atoms with van der Waals surface area (Å²) in [6.45, 7) is 1.22. The summed E-state index contributed by atoms with van der Waals surface area (Å²) in [6.07, 6.45) is 4.81. The fourth-order valence-corrected chi connectivity index (χ4v) is 5.50. The van der Waals surface area contributed by atoms with Crippen LogP contribution in [-0.2, 0) is 17.6 Å². The Morgan fingerprint density at radius 2 is 1.81 bits per heavy atom. The highest BCUT2D eigenvalue weighted by molar-refractivity contribution is 7.17. The van der Waals surface area contributed by atoms with Crippen LogP contribution in [0.2, 0.25) is 0 Å². The molecule has 0 saturated carbocycles. The average Bonchev–Trinajstić information content (AvgIpc) is 3.54. The van der Waals surface area contributed by atoms with Gasteiger partial charge in [0.2, 0.25) is 5.75 Å². The van der Waals surface area contributed by atoms with Crippen LogP contribution in [0.3, 0.4) is 0 Å². The summed E-state index contributed by atoms with van der Waals surface area (Å²) < 4.78 is 21.6. The van der Waals surface area contributed by atoms with Gasteiger partial charge in [0.05, 0.1) is 33.0 Å². The van der Waals surface area contributed by atoms with Crippen LogP contribution in [-0.4, -0.2) is 52.4 Å². The molecule has 32 heavy (non-hydrogen) atoms. The van der Waals surface area contributed by atoms with E-state index < -0.39 is 0 Å². The lowest BCUT2D eigenvalue weighted by atomic mass is 10.1. The largest absolute Gasteiger partial charge is 0.493 e. The summed E-state index contributed by atoms with van der Waals surface area (Å²) in [5.41, 5.74) is 1.96. The highest BCUT2D eigenvalue weighted by Crippen LogP contribution is 2.41. The van der Waals surface area contributed by atoms with E-state index in [2.05, 4.69) is 10.6 Å². The summed E-state index contributed by atoms with van der Waals surface area (Å²) >= 11 is 1.47. The molecule has 1 aromatic heterocycles. The number of benzene rings is 1. The molecule has 1 atom stereocenters. The number of amides is 2. The van der Waals surface area contributed by atoms with E-state index in [-0.39, 0.29) is 17.9 Å². The van der Waals surface area contributed by atoms with Crippen molar-refractivity contribution >= 4 is 28.2 Å². The standard InChI is InChI=1S/C23H28N2O6S/c1-28-16-10-13(11-17(29-2)20(16)30-3)21(26)25-23-19(15-7-4-8-18(15)32-23)22(27)24-12-14-6-5-9-31-14/h10-11,14H,4-9,12H2,1-3H3,(H,24,27)(H,25,26)/t14-/m0/s1. The average molecular weight is 461 g/mol. The Morgan fingerprint density at radius 1 is 1.06 bits per heavy atom. The summed E-state index contributed by atoms with van der Waals surface area (Å²) in [5, 5.41) is 6.51. The maximum atomic E-state index is 13.1. The first-order chi connectivity index (χ1) is 15.5. The highest BCUT2D eigenvalue weighted by atomic mass is 32.1. The van der Waals surface area contributed by atoms with E-state index in [9.17, 15) is 9.59 Å². The molecule has 0 bridgehead atoms. The SMILES string of the molecule is COc1cc(C(=O)Nc2sc3c(c2C(=O)NC[C@@H]2CCCO2)CCC3)cc(OC)c1OC. The lowest BCUT2D eigenvalue weighted by Gasteiger charge is -2.15. The number of carbonyl (C=O) groups is 2. The van der Waals surface area contributed by atoms with Crippen LogP contribution >= 0.6 is 11.3 Å². The Kier molecular flexibility index (Phi) is 6.86. The van der Waals surface area contributed by atoms with Crippen LogP contribution in [0.4, 0.5) is 5.00 Å². The number of hydrogen-bond donors (Lipinski definition) is 2. The number of hydrogen-bond acceptors (Lipinski definition) is 7. The molecular weight excluding hydrogens is 432 g/mol. The van der Waals surface area contributed by atoms with Crippen molar-refractivity contribution in [3.8, 4) is 17.2 Å². The monoisotopic (exact) mass is 460 g/mol. The number of nitrogens with one attached hydrogen (secondary N) is 2. The minimum atomic E-state index is -0.350. The second-order valence-corrected chi connectivity index (χ2v) is 8.88. The van der Waals surface area contributed by atoms with Gasteiger partial charge in [-0.25, -0.2) is 0 Å². The second-order valence-electron chi connectivity index (χ2n) is 7.77. The molecule has 8 nitrogen and oxygen atoms in total. The lowest BCUT2D eigenvalue weighted by molar-refractivity contribution is 0.0858. The number of fused-ring (bicyclic) bond motifs is 1. The van der Waals surface area contributed by atoms with Gasteiger partial charge in [0.25, 0.3) is 11.8 Å². The van der Waals surface area contributed by atoms with E-state index in [0.717, 1.165) is 49.2 Å². The summed E-state index contributed by atoms with van der Waals surface area (Å²) in [7, 11) is 4.51. The van der Waals surface area contributed by atoms with E-state index in [1.807, 2.05) is 0 Å². The molecular formula is C23H28N2O6S. The van der Waals surface area contributed by atoms with Gasteiger partial charge in [-0.15, -0.1) is 11.3 Å². The maximum absolute atomic E-state index is 13.1. The topological polar surface area (TPSA) is 95.1 Å². The van der Waals surface area contributed by atoms with Gasteiger partial charge in [-0.1, -0.05) is 0 Å². The van der Waals surface area contributed by atoms with Crippen LogP contribution in [0.5, 0.6) is 17.2 Å². The van der Waals surface area contributed by atoms with Gasteiger partial charge >= 0.3 is 0 Å². The molecule has 172 valence electrons. The molecule has 2 aliphatic rings. The number of rotatable bonds is 8. The van der Waals surface area contributed by atoms with Gasteiger partial charge in [0.1, 0.15) is 5.00 Å². The molecule has 1 aliphatic carbocycles. The first kappa shape index (κ1) is 22.4. The molecule has 1 aromatic carbocycles. The van der Waals surface area contributed by atoms with E-state index in [4.69, 9.17) is 18.9 Å². The van der Waals surface area contributed by atoms with Crippen molar-refractivity contribution in [2.24, 2.45) is 0 Å². The first-order valence-electron chi connectivity index (χ1n) is 10.7. The number of ether oxygens (including phenoxy) is 4. The molecule has 2 N–H and O–H groups in total. The van der Waals surface area contributed by atoms with E-state index in [1.165, 1.54) is 32.7 Å². The molecule has 0 radical (unpaired) electrons. The Labute approximate surface area is 191 Å². The Morgan fingerprint density at radius 3 is 2.44 bits per heavy atom. The predicted molar refractivity (Wildman–Crippen MR) is 122 cm³/mol. The quantitative estimate of drug-likeness (QED) is 0.627. The van der Waals surface area contributed by atoms with Crippen LogP contribution in [0.15, 0.2) is 12.1 Å². The normalized spacial score (nSPS) is 17.0. The number of aryl methyl sites for hydroxylation is 1. The zero-order valence-corrected chi connectivity index (χ0v) is 19.4. The van der Waals surface area contributed by atoms with Crippen molar-refractivity contribution in [3.63, 3.8) is 0 Å². The van der Waals surface area contributed by atoms with Crippen LogP contribution in [0.25, 0.3) is 0 Å². The highest BCUT2D eigenvalue weighted by Gasteiger charge is 2.29. The maximum Gasteiger partial charge on any atom is 0.256 e. The number of methoxy groups -OCH3 is 3. The van der Waals surface area contributed by atoms with Crippen LogP contribution in [0.1, 0.15) is 50.4 Å². The van der Waals surface area contributed by atoms with Crippen molar-refractivity contribution in [2.75, 3.05) is 39.8 Å². The van der Waals surface area contributed by atoms with Crippen molar-refractivity contribution in [1.82, 2.24) is 5.32 Å². The Balaban J connectivity index is 1.58. The molecule has 0 unspecified atom stereocenters. The fraction of sp³-hybridized carbons (Fsp3) is 0.478. The van der Waals surface area contributed by atoms with Crippen molar-refractivity contribution in [2.45, 2.75) is 38.2 Å². The van der Waals surface area contributed by atoms with Crippen molar-refractivity contribution in [3.05, 3.63) is 33.7 Å². The lowest BCUT2D eigenvalue weighted by Crippen LogP contribution is -2.32. The van der Waals surface area contributed by atoms with Gasteiger partial charge in [0.15, 0.2) is 11.5 Å². The number of thiophene rings is 1. The molecule has 2 heterocycles. The van der Waals surface area contributed by atoms with E-state index in [0.29, 0.717) is 39.9 Å². The predicted octanol–water partition coefficient (Wildman–Crippen LogP) is 3.42. The minimum Gasteiger partial charge on any atom is -0.493 e. The van der Waals surface area contributed by atoms with E-state index >= 15 is 0 Å². The van der Waals surface area contributed by atoms with Crippen molar-refractivity contribution in [1.29, 1.82) is 0 Å². The number of anilines is 1. The van der Waals surface area contributed by atoms with E-state index in [1.54, 1.807) is 12.1 Å². The van der Waals surface area contributed by atoms with Gasteiger partial charge < -0.3 is 29.6 Å². The first-order valence-corrected chi connectivity index (χ1v) is 11.5. The molecule has 1 saturated heterocycles. The molecule has 2 amide bonds. The van der Waals surface area contributed by atoms with Crippen LogP contribution in [0, 0.1) is 0 Å². The number of carbonyl (C=O) groups excluding carboxylic acids is 2. The minimum absolute atomic E-state index is 0.0582. The molecule has 2 aromatic rings. The molecule has 1 aliphatic heterocycles. The van der Waals surface area contributed by atoms with Crippen molar-refractivity contribution < 1.29 is 28.5 Å². The molecule has 0 spiro atoms. The third kappa shape index (κ3) is 4.40. The van der Waals surface area contributed by atoms with Gasteiger partial charge in [-0.2, -0.15) is 0 Å². The fourth-order valence-electron chi connectivity index (χ4n) is 4.22. The smallest absolute Gasteiger partial charge is 0.256 e. The van der Waals surface area contributed by atoms with Gasteiger partial charge in [-0.05, 0) is 49.8 Å². The Hall–Kier alpha value is -2.78. The van der Waals surface area contributed by atoms with Gasteiger partial charge in [0, 0.05) is 23.6 Å². The summed E-state index contributed by atoms with van der Waals surface area (Å²) in [6, 6.07) is 3.18. The second kappa shape index (κ2) is 9.79. The molecule has 4 rings (SSSR count). The summed E-state index contributed by atoms with van der Waals surface area (Å²) in [5.74, 6) is 0.675. The third-order valence-corrected chi connectivity index (χ3v) is 7.02. The van der Waals surface area contributed by atoms with Gasteiger partial charge in [-0.3, -0.25) is 9.59 Å². The van der Waals surface area contributed by atoms with Crippen LogP contribution < -0.4 is 24.8 Å². The summed E-state index contributed by atoms with van der Waals surface area (Å²) in [4.78, 5) is 27.3. The Bertz CT molecular complexity index is 987. The zero-order valence-electron chi connectivity index (χ0n) is 18.5.